The van der Waals surface area contributed by atoms with Crippen LogP contribution in [0.2, 0.25) is 0 Å². The summed E-state index contributed by atoms with van der Waals surface area (Å²) in [5, 5.41) is 23.2. The lowest BCUT2D eigenvalue weighted by Crippen LogP contribution is -2.21. The zero-order valence-electron chi connectivity index (χ0n) is 11.3. The van der Waals surface area contributed by atoms with E-state index in [1.54, 1.807) is 0 Å². The van der Waals surface area contributed by atoms with Crippen LogP contribution in [0.3, 0.4) is 0 Å². The van der Waals surface area contributed by atoms with Crippen LogP contribution in [-0.4, -0.2) is 22.9 Å². The van der Waals surface area contributed by atoms with Gasteiger partial charge in [-0.15, -0.1) is 0 Å². The van der Waals surface area contributed by atoms with Gasteiger partial charge in [-0.3, -0.25) is 0 Å². The first kappa shape index (κ1) is 13.6. The highest BCUT2D eigenvalue weighted by Crippen LogP contribution is 2.37. The van der Waals surface area contributed by atoms with E-state index in [4.69, 9.17) is 5.53 Å². The molecule has 2 atom stereocenters. The Bertz CT molecular complexity index is 723. The molecule has 0 heterocycles. The molecule has 3 rings (SSSR count). The average molecular weight is 281 g/mol. The van der Waals surface area contributed by atoms with Gasteiger partial charge in [0.05, 0.1) is 12.6 Å². The van der Waals surface area contributed by atoms with E-state index < -0.39 is 12.2 Å². The van der Waals surface area contributed by atoms with Gasteiger partial charge < -0.3 is 10.2 Å². The number of hydrogen-bond acceptors (Lipinski definition) is 3. The van der Waals surface area contributed by atoms with Crippen LogP contribution in [-0.2, 0) is 6.42 Å². The number of azide groups is 1. The van der Waals surface area contributed by atoms with E-state index in [0.29, 0.717) is 5.56 Å². The lowest BCUT2D eigenvalue weighted by atomic mass is 9.98. The highest BCUT2D eigenvalue weighted by atomic mass is 16.3. The fraction of sp³-hybridized carbons (Fsp3) is 0.250. The van der Waals surface area contributed by atoms with Gasteiger partial charge in [-0.1, -0.05) is 47.6 Å². The molecule has 1 aliphatic carbocycles. The second-order valence-corrected chi connectivity index (χ2v) is 5.18. The summed E-state index contributed by atoms with van der Waals surface area (Å²) in [7, 11) is 0. The van der Waals surface area contributed by atoms with Gasteiger partial charge in [-0.25, -0.2) is 0 Å². The van der Waals surface area contributed by atoms with E-state index in [2.05, 4.69) is 22.2 Å². The van der Waals surface area contributed by atoms with E-state index in [1.165, 1.54) is 16.7 Å². The van der Waals surface area contributed by atoms with Crippen LogP contribution in [0.4, 0.5) is 0 Å². The molecule has 5 nitrogen and oxygen atoms in total. The third-order valence-electron chi connectivity index (χ3n) is 3.86. The molecule has 0 bridgehead atoms. The molecular formula is C16H15N3O2. The Morgan fingerprint density at radius 1 is 1.10 bits per heavy atom. The van der Waals surface area contributed by atoms with E-state index in [9.17, 15) is 10.2 Å². The fourth-order valence-electron chi connectivity index (χ4n) is 2.79. The molecule has 5 heteroatoms. The van der Waals surface area contributed by atoms with Crippen LogP contribution in [0.5, 0.6) is 0 Å². The Hall–Kier alpha value is -2.33. The van der Waals surface area contributed by atoms with Crippen molar-refractivity contribution in [3.05, 3.63) is 69.6 Å². The van der Waals surface area contributed by atoms with Gasteiger partial charge in [0.1, 0.15) is 6.10 Å². The number of fused-ring (bicyclic) bond motifs is 3. The van der Waals surface area contributed by atoms with Crippen molar-refractivity contribution in [2.75, 3.05) is 6.54 Å². The van der Waals surface area contributed by atoms with Crippen molar-refractivity contribution in [3.8, 4) is 11.1 Å². The van der Waals surface area contributed by atoms with Crippen LogP contribution in [0.15, 0.2) is 47.6 Å². The third kappa shape index (κ3) is 2.50. The minimum atomic E-state index is -1.09. The van der Waals surface area contributed by atoms with E-state index in [0.717, 1.165) is 12.0 Å². The van der Waals surface area contributed by atoms with Crippen LogP contribution in [0, 0.1) is 0 Å². The topological polar surface area (TPSA) is 89.2 Å². The first-order chi connectivity index (χ1) is 10.2. The van der Waals surface area contributed by atoms with Gasteiger partial charge in [0, 0.05) is 4.91 Å². The first-order valence-corrected chi connectivity index (χ1v) is 6.79. The zero-order chi connectivity index (χ0) is 14.8. The number of hydrogen-bond donors (Lipinski definition) is 2. The largest absolute Gasteiger partial charge is 0.390 e. The molecule has 0 saturated heterocycles. The second-order valence-electron chi connectivity index (χ2n) is 5.18. The Kier molecular flexibility index (Phi) is 3.62. The second kappa shape index (κ2) is 5.58. The van der Waals surface area contributed by atoms with Crippen molar-refractivity contribution in [1.82, 2.24) is 0 Å². The quantitative estimate of drug-likeness (QED) is 0.437. The van der Waals surface area contributed by atoms with E-state index >= 15 is 0 Å². The lowest BCUT2D eigenvalue weighted by molar-refractivity contribution is 0.0244. The van der Waals surface area contributed by atoms with Gasteiger partial charge in [0.2, 0.25) is 0 Å². The summed E-state index contributed by atoms with van der Waals surface area (Å²) in [6, 6.07) is 13.9. The van der Waals surface area contributed by atoms with Gasteiger partial charge in [0.15, 0.2) is 0 Å². The Balaban J connectivity index is 1.88. The van der Waals surface area contributed by atoms with Crippen LogP contribution in [0.1, 0.15) is 22.8 Å². The minimum absolute atomic E-state index is 0.144. The van der Waals surface area contributed by atoms with E-state index in [-0.39, 0.29) is 6.54 Å². The monoisotopic (exact) mass is 281 g/mol. The van der Waals surface area contributed by atoms with Gasteiger partial charge >= 0.3 is 0 Å². The smallest absolute Gasteiger partial charge is 0.105 e. The molecule has 2 unspecified atom stereocenters. The normalized spacial score (nSPS) is 14.8. The maximum absolute atomic E-state index is 10.1. The molecule has 0 radical (unpaired) electrons. The molecule has 0 fully saturated rings. The van der Waals surface area contributed by atoms with Gasteiger partial charge in [-0.2, -0.15) is 0 Å². The molecule has 2 aromatic rings. The Labute approximate surface area is 122 Å². The Morgan fingerprint density at radius 2 is 1.86 bits per heavy atom. The molecule has 0 aromatic heterocycles. The molecule has 0 spiro atoms. The van der Waals surface area contributed by atoms with Crippen molar-refractivity contribution < 1.29 is 10.2 Å². The number of benzene rings is 2. The number of nitrogens with zero attached hydrogens (tertiary/aromatic N) is 3. The molecule has 0 amide bonds. The van der Waals surface area contributed by atoms with Gasteiger partial charge in [0.25, 0.3) is 0 Å². The van der Waals surface area contributed by atoms with Crippen molar-refractivity contribution in [1.29, 1.82) is 0 Å². The van der Waals surface area contributed by atoms with Crippen molar-refractivity contribution in [3.63, 3.8) is 0 Å². The van der Waals surface area contributed by atoms with Crippen LogP contribution in [0.25, 0.3) is 21.6 Å². The van der Waals surface area contributed by atoms with E-state index in [1.807, 2.05) is 30.3 Å². The summed E-state index contributed by atoms with van der Waals surface area (Å²) in [6.45, 7) is -0.144. The SMILES string of the molecule is [N-]=[N+]=NCC(O)C(O)c1ccc2c(c1)Cc1ccccc1-2. The maximum Gasteiger partial charge on any atom is 0.105 e. The summed E-state index contributed by atoms with van der Waals surface area (Å²) in [6.07, 6.45) is -1.31. The number of aliphatic hydroxyl groups is 2. The van der Waals surface area contributed by atoms with Crippen molar-refractivity contribution >= 4 is 0 Å². The molecule has 2 N–H and O–H groups in total. The summed E-state index contributed by atoms with van der Waals surface area (Å²) in [5.41, 5.74) is 13.7. The molecule has 1 aliphatic rings. The molecule has 2 aromatic carbocycles. The summed E-state index contributed by atoms with van der Waals surface area (Å²) >= 11 is 0. The average Bonchev–Trinajstić information content (AvgIpc) is 2.89. The number of rotatable bonds is 4. The molecule has 106 valence electrons. The summed E-state index contributed by atoms with van der Waals surface area (Å²) in [4.78, 5) is 2.59. The summed E-state index contributed by atoms with van der Waals surface area (Å²) in [5.74, 6) is 0. The summed E-state index contributed by atoms with van der Waals surface area (Å²) < 4.78 is 0. The molecule has 0 saturated carbocycles. The fourth-order valence-corrected chi connectivity index (χ4v) is 2.79. The predicted octanol–water partition coefficient (Wildman–Crippen LogP) is 2.96. The molecular weight excluding hydrogens is 266 g/mol. The predicted molar refractivity (Wildman–Crippen MR) is 79.7 cm³/mol. The van der Waals surface area contributed by atoms with Crippen LogP contribution >= 0.6 is 0 Å². The molecule has 21 heavy (non-hydrogen) atoms. The lowest BCUT2D eigenvalue weighted by Gasteiger charge is -2.17. The first-order valence-electron chi connectivity index (χ1n) is 6.79. The standard InChI is InChI=1S/C16H15N3O2/c17-19-18-9-15(20)16(21)11-5-6-14-12(8-11)7-10-3-1-2-4-13(10)14/h1-6,8,15-16,20-21H,7,9H2. The highest BCUT2D eigenvalue weighted by Gasteiger charge is 2.22. The third-order valence-corrected chi connectivity index (χ3v) is 3.86. The molecule has 0 aliphatic heterocycles. The maximum atomic E-state index is 10.1. The van der Waals surface area contributed by atoms with Crippen LogP contribution < -0.4 is 0 Å². The van der Waals surface area contributed by atoms with Crippen molar-refractivity contribution in [2.24, 2.45) is 5.11 Å². The Morgan fingerprint density at radius 3 is 2.67 bits per heavy atom. The van der Waals surface area contributed by atoms with Crippen molar-refractivity contribution in [2.45, 2.75) is 18.6 Å². The minimum Gasteiger partial charge on any atom is -0.390 e. The highest BCUT2D eigenvalue weighted by molar-refractivity contribution is 5.76. The van der Waals surface area contributed by atoms with Gasteiger partial charge in [-0.05, 0) is 39.8 Å². The number of aliphatic hydroxyl groups excluding tert-OH is 2. The zero-order valence-corrected chi connectivity index (χ0v) is 11.3.